The normalized spacial score (nSPS) is 24.6. The van der Waals surface area contributed by atoms with Gasteiger partial charge >= 0.3 is 95.8 Å². The van der Waals surface area contributed by atoms with Crippen molar-refractivity contribution in [3.05, 3.63) is 95.6 Å². The molecule has 0 spiro atoms. The van der Waals surface area contributed by atoms with E-state index in [1.165, 1.54) is 24.3 Å². The summed E-state index contributed by atoms with van der Waals surface area (Å²) in [5, 5.41) is 14.9. The van der Waals surface area contributed by atoms with E-state index in [-0.39, 0.29) is 129 Å². The number of aromatic nitrogens is 11. The zero-order valence-corrected chi connectivity index (χ0v) is 67.7. The summed E-state index contributed by atoms with van der Waals surface area (Å²) in [6.07, 6.45) is -28.1. The van der Waals surface area contributed by atoms with Gasteiger partial charge in [0, 0.05) is 132 Å². The molecule has 6 aliphatic rings. The Hall–Kier alpha value is -5.34. The van der Waals surface area contributed by atoms with Crippen molar-refractivity contribution in [1.29, 1.82) is 0 Å². The van der Waals surface area contributed by atoms with Crippen LogP contribution < -0.4 is 0 Å². The molecule has 0 fully saturated rings. The van der Waals surface area contributed by atoms with Crippen LogP contribution in [-0.4, -0.2) is 197 Å². The van der Waals surface area contributed by atoms with Gasteiger partial charge in [-0.3, -0.25) is 9.47 Å². The summed E-state index contributed by atoms with van der Waals surface area (Å²) in [6, 6.07) is 5.62. The summed E-state index contributed by atoms with van der Waals surface area (Å²) in [5.41, 5.74) is -30.3. The van der Waals surface area contributed by atoms with Crippen LogP contribution in [0.25, 0.3) is 33.3 Å². The van der Waals surface area contributed by atoms with E-state index >= 15 is 0 Å². The van der Waals surface area contributed by atoms with Crippen molar-refractivity contribution in [3.63, 3.8) is 0 Å². The van der Waals surface area contributed by atoms with Gasteiger partial charge in [0.05, 0.1) is 23.5 Å². The molecule has 0 unspecified atom stereocenters. The number of nitrogens with zero attached hydrogens (tertiary/aromatic N) is 12. The van der Waals surface area contributed by atoms with E-state index in [2.05, 4.69) is 49.2 Å². The van der Waals surface area contributed by atoms with E-state index in [9.17, 15) is 202 Å². The largest absolute Gasteiger partial charge is 0.556 e. The van der Waals surface area contributed by atoms with Gasteiger partial charge in [0.15, 0.2) is 5.41 Å². The first kappa shape index (κ1) is 109. The van der Waals surface area contributed by atoms with E-state index < -0.39 is 205 Å². The minimum absolute atomic E-state index is 0. The van der Waals surface area contributed by atoms with Crippen molar-refractivity contribution in [3.8, 4) is 0 Å². The molecule has 679 valence electrons. The van der Waals surface area contributed by atoms with Gasteiger partial charge in [-0.1, -0.05) is 22.9 Å². The van der Waals surface area contributed by atoms with Crippen LogP contribution in [0.15, 0.2) is 47.2 Å². The minimum Gasteiger partial charge on any atom is -0.556 e. The third kappa shape index (κ3) is 15.6. The first-order valence-corrected chi connectivity index (χ1v) is 28.6. The number of para-hydroxylation sites is 2. The second kappa shape index (κ2) is 32.0. The molecular formula is C53H23F46Ir5N12OS-5. The number of hydrogen-bond donors (Lipinski definition) is 0. The minimum atomic E-state index is -7.80. The fourth-order valence-corrected chi connectivity index (χ4v) is 10.8. The standard InChI is InChI=1S/C14H8F14NO.C14H7F8N2.C9H4F8N3.C8H3F8N4.C8HF8N2S.5Ir/c1-7(2)4-29-6(30-7)5-3-8(15,16)10(13(23,24)25,14(26,27)28)9(5,11(17,18)19)12(20,21)22;1-24-9-5-3-2-4-8(9)23-10(24)7-6-11(15,16)13(19,20)14(21,22)12(7,17)18;1-20-18-3-5(19-20)4-2-6(10,11)8(14,15)9(16,17)7(4,12)13;1-20-4(17-18-19-20)3-2-5(9,10)7(13,14)8(15,16)6(3,11)12;9-5(10)1-3(4-2-17-19-18-4)6(11,12)8(15,16)7(5,13)14;;;;;/h4H2,1-2H3;2-5H,1H3;3H,1H3;1H3;2H;;;;;/q5*-1;;;;;. The van der Waals surface area contributed by atoms with Crippen LogP contribution in [-0.2, 0) is 126 Å². The second-order valence-electron chi connectivity index (χ2n) is 23.9. The molecule has 5 radical (unpaired) electrons. The third-order valence-electron chi connectivity index (χ3n) is 16.0. The zero-order chi connectivity index (χ0) is 87.9. The molecule has 0 saturated carbocycles. The summed E-state index contributed by atoms with van der Waals surface area (Å²) in [6.45, 7) is 1.05. The van der Waals surface area contributed by atoms with Crippen molar-refractivity contribution in [1.82, 2.24) is 53.5 Å². The SMILES string of the molecule is CC1(C)CN=C(C2=[C-]C(F)(F)C(C(F)(F)F)(C(F)(F)F)C2(C(F)(F)F)C(F)(F)F)O1.Cn1c(C2=[C-]C(F)(F)C(F)(F)C(F)(F)C2(F)F)nc2ccccc21.Cn1ncc(C2=[C-]C(F)(F)C(F)(F)C(F)(F)C2(F)F)n1.Cn1nnnc1C1=[C-]C(F)(F)C(F)(F)C(F)(F)C1(F)F.FC1(F)[C-]=C(c2cnsn2)C(F)(F)C(F)(F)C1(F)F.[Ir].[Ir].[Ir].[Ir].[Ir]. The van der Waals surface area contributed by atoms with Crippen LogP contribution in [0.1, 0.15) is 36.9 Å². The van der Waals surface area contributed by atoms with Gasteiger partial charge in [-0.15, -0.1) is 22.3 Å². The van der Waals surface area contributed by atoms with Crippen LogP contribution >= 0.6 is 11.7 Å². The van der Waals surface area contributed by atoms with Gasteiger partial charge in [-0.05, 0) is 67.8 Å². The molecule has 65 heteroatoms. The topological polar surface area (TPSA) is 140 Å². The number of imidazole rings is 1. The Bertz CT molecular complexity index is 4630. The number of hydrogen-bond acceptors (Lipinski definition) is 11. The molecule has 5 aliphatic carbocycles. The smallest absolute Gasteiger partial charge is 0.409 e. The summed E-state index contributed by atoms with van der Waals surface area (Å²) in [4.78, 5) is 7.11. The van der Waals surface area contributed by atoms with E-state index in [4.69, 9.17) is 0 Å². The molecule has 1 aromatic carbocycles. The number of halogens is 46. The Morgan fingerprint density at radius 3 is 1.07 bits per heavy atom. The molecule has 0 atom stereocenters. The van der Waals surface area contributed by atoms with Crippen LogP contribution in [0.4, 0.5) is 202 Å². The Labute approximate surface area is 692 Å². The number of fused-ring (bicyclic) bond motifs is 1. The summed E-state index contributed by atoms with van der Waals surface area (Å²) in [5.74, 6) is -106. The molecule has 5 heterocycles. The fraction of sp³-hybridized carbons (Fsp3) is 0.566. The molecule has 11 rings (SSSR count). The first-order chi connectivity index (χ1) is 49.9. The van der Waals surface area contributed by atoms with E-state index in [0.29, 0.717) is 46.2 Å². The number of aryl methyl sites for hydroxylation is 3. The second-order valence-corrected chi connectivity index (χ2v) is 24.4. The molecule has 0 N–H and O–H groups in total. The van der Waals surface area contributed by atoms with Crippen molar-refractivity contribution in [2.24, 2.45) is 37.0 Å². The molecule has 0 bridgehead atoms. The molecule has 1 aliphatic heterocycles. The molecule has 5 aromatic rings. The van der Waals surface area contributed by atoms with Gasteiger partial charge in [-0.25, -0.2) is 58.2 Å². The Morgan fingerprint density at radius 1 is 0.415 bits per heavy atom. The third-order valence-corrected chi connectivity index (χ3v) is 16.5. The number of rotatable bonds is 5. The Kier molecular flexibility index (Phi) is 29.5. The van der Waals surface area contributed by atoms with Crippen molar-refractivity contribution in [2.75, 3.05) is 6.54 Å². The maximum atomic E-state index is 14.2. The predicted octanol–water partition coefficient (Wildman–Crippen LogP) is 17.9. The van der Waals surface area contributed by atoms with Gasteiger partial charge in [0.2, 0.25) is 11.3 Å². The average Bonchev–Trinajstić information content (AvgIpc) is 1.42. The molecule has 13 nitrogen and oxygen atoms in total. The maximum absolute atomic E-state index is 14.2. The van der Waals surface area contributed by atoms with Crippen molar-refractivity contribution >= 4 is 51.0 Å². The van der Waals surface area contributed by atoms with Crippen LogP contribution in [0.2, 0.25) is 0 Å². The summed E-state index contributed by atoms with van der Waals surface area (Å²) in [7, 11) is 3.08. The number of allylic oxidation sites excluding steroid dienone is 9. The number of aliphatic imine (C=N–C) groups is 1. The zero-order valence-electron chi connectivity index (χ0n) is 54.9. The molecule has 0 saturated heterocycles. The maximum Gasteiger partial charge on any atom is 0.409 e. The van der Waals surface area contributed by atoms with E-state index in [1.54, 1.807) is 0 Å². The van der Waals surface area contributed by atoms with Crippen molar-refractivity contribution < 1.29 is 307 Å². The fourth-order valence-electron chi connectivity index (χ4n) is 10.4. The average molecular weight is 2710 g/mol. The monoisotopic (exact) mass is 2710 g/mol. The van der Waals surface area contributed by atoms with Crippen LogP contribution in [0.3, 0.4) is 0 Å². The van der Waals surface area contributed by atoms with Gasteiger partial charge in [-0.2, -0.15) is 194 Å². The van der Waals surface area contributed by atoms with Gasteiger partial charge < -0.3 is 24.0 Å². The van der Waals surface area contributed by atoms with E-state index in [0.717, 1.165) is 39.6 Å². The van der Waals surface area contributed by atoms with Gasteiger partial charge in [0.25, 0.3) is 23.7 Å². The molecule has 118 heavy (non-hydrogen) atoms. The molecule has 4 aromatic heterocycles. The number of alkyl halides is 46. The summed E-state index contributed by atoms with van der Waals surface area (Å²) >= 11 is 0.263. The van der Waals surface area contributed by atoms with E-state index in [1.807, 2.05) is 0 Å². The number of ether oxygens (including phenoxy) is 1. The Morgan fingerprint density at radius 2 is 0.763 bits per heavy atom. The number of benzene rings is 1. The van der Waals surface area contributed by atoms with Gasteiger partial charge in [0.1, 0.15) is 5.60 Å². The molecule has 0 amide bonds. The van der Waals surface area contributed by atoms with Crippen molar-refractivity contribution in [2.45, 2.75) is 145 Å². The first-order valence-electron chi connectivity index (χ1n) is 27.9. The predicted molar refractivity (Wildman–Crippen MR) is 274 cm³/mol. The Balaban J connectivity index is 0.000000500. The molecular weight excluding hydrogens is 2690 g/mol. The van der Waals surface area contributed by atoms with Crippen LogP contribution in [0, 0.1) is 41.2 Å². The summed E-state index contributed by atoms with van der Waals surface area (Å²) < 4.78 is 625. The number of tetrazole rings is 1. The quantitative estimate of drug-likeness (QED) is 0.124. The van der Waals surface area contributed by atoms with Crippen LogP contribution in [0.5, 0.6) is 0 Å².